The van der Waals surface area contributed by atoms with E-state index in [-0.39, 0.29) is 17.3 Å². The van der Waals surface area contributed by atoms with Gasteiger partial charge in [-0.05, 0) is 38.1 Å². The molecule has 0 heterocycles. The third-order valence-electron chi connectivity index (χ3n) is 3.25. The van der Waals surface area contributed by atoms with Crippen molar-refractivity contribution in [3.8, 4) is 0 Å². The molecule has 9 nitrogen and oxygen atoms in total. The van der Waals surface area contributed by atoms with Crippen molar-refractivity contribution in [1.29, 1.82) is 0 Å². The largest absolute Gasteiger partial charge is 0.451 e. The lowest BCUT2D eigenvalue weighted by Crippen LogP contribution is -2.43. The quantitative estimate of drug-likeness (QED) is 0.412. The molecule has 0 radical (unpaired) electrons. The molecular weight excluding hydrogens is 374 g/mol. The van der Waals surface area contributed by atoms with E-state index in [0.29, 0.717) is 5.69 Å². The van der Waals surface area contributed by atoms with Crippen LogP contribution in [0, 0.1) is 0 Å². The lowest BCUT2D eigenvalue weighted by Gasteiger charge is -2.17. The highest BCUT2D eigenvalue weighted by atomic mass is 32.2. The molecule has 148 valence electrons. The molecule has 0 spiro atoms. The van der Waals surface area contributed by atoms with E-state index in [1.165, 1.54) is 51.1 Å². The van der Waals surface area contributed by atoms with E-state index in [4.69, 9.17) is 4.74 Å². The number of esters is 1. The molecule has 0 bridgehead atoms. The molecule has 0 aliphatic rings. The maximum Gasteiger partial charge on any atom is 0.324 e. The molecule has 1 rings (SSSR count). The normalized spacial score (nSPS) is 13.1. The summed E-state index contributed by atoms with van der Waals surface area (Å²) in [6.07, 6.45) is 0.391. The number of benzene rings is 1. The van der Waals surface area contributed by atoms with Crippen molar-refractivity contribution in [3.63, 3.8) is 0 Å². The average molecular weight is 397 g/mol. The van der Waals surface area contributed by atoms with Crippen LogP contribution >= 0.6 is 0 Å². The lowest BCUT2D eigenvalue weighted by molar-refractivity contribution is -0.155. The molecule has 3 N–H and O–H groups in total. The number of hydrogen-bond donors (Lipinski definition) is 3. The Balaban J connectivity index is 2.71. The van der Waals surface area contributed by atoms with Gasteiger partial charge in [0, 0.05) is 19.2 Å². The van der Waals surface area contributed by atoms with Crippen molar-refractivity contribution in [2.24, 2.45) is 0 Å². The van der Waals surface area contributed by atoms with Gasteiger partial charge in [0.25, 0.3) is 5.91 Å². The van der Waals surface area contributed by atoms with Crippen LogP contribution in [0.25, 0.3) is 0 Å². The van der Waals surface area contributed by atoms with Crippen LogP contribution in [0.15, 0.2) is 41.8 Å². The summed E-state index contributed by atoms with van der Waals surface area (Å²) in [7, 11) is -4.00. The first-order chi connectivity index (χ1) is 12.6. The fraction of sp³-hybridized carbons (Fsp3) is 0.353. The molecule has 0 saturated heterocycles. The molecular formula is C17H23N3O6S. The summed E-state index contributed by atoms with van der Waals surface area (Å²) in [5.41, 5.74) is 0.438. The van der Waals surface area contributed by atoms with Crippen molar-refractivity contribution >= 4 is 33.5 Å². The van der Waals surface area contributed by atoms with Crippen LogP contribution in [0.2, 0.25) is 0 Å². The van der Waals surface area contributed by atoms with Crippen LogP contribution in [0.4, 0.5) is 5.69 Å². The number of carbonyl (C=O) groups excluding carboxylic acids is 3. The summed E-state index contributed by atoms with van der Waals surface area (Å²) < 4.78 is 31.8. The van der Waals surface area contributed by atoms with E-state index in [1.807, 2.05) is 0 Å². The Morgan fingerprint density at radius 1 is 1.19 bits per heavy atom. The van der Waals surface area contributed by atoms with Gasteiger partial charge in [-0.15, -0.1) is 6.58 Å². The standard InChI is InChI=1S/C17H23N3O6S/c1-5-10-18-16(22)12(3)26-17(23)11(2)20-27(24,25)15-8-6-14(7-9-15)19-13(4)21/h5-9,11-12,20H,1,10H2,2-4H3,(H,18,22)(H,19,21)/t11-,12-/m0/s1. The zero-order chi connectivity index (χ0) is 20.6. The van der Waals surface area contributed by atoms with Crippen LogP contribution in [0.5, 0.6) is 0 Å². The van der Waals surface area contributed by atoms with Gasteiger partial charge in [0.05, 0.1) is 4.90 Å². The molecule has 2 amide bonds. The number of sulfonamides is 1. The minimum absolute atomic E-state index is 0.0898. The first kappa shape index (κ1) is 22.3. The number of ether oxygens (including phenoxy) is 1. The van der Waals surface area contributed by atoms with Gasteiger partial charge in [-0.1, -0.05) is 6.08 Å². The summed E-state index contributed by atoms with van der Waals surface area (Å²) in [6, 6.07) is 4.21. The van der Waals surface area contributed by atoms with Crippen LogP contribution < -0.4 is 15.4 Å². The van der Waals surface area contributed by atoms with E-state index in [9.17, 15) is 22.8 Å². The predicted octanol–water partition coefficient (Wildman–Crippen LogP) is 0.546. The van der Waals surface area contributed by atoms with Crippen LogP contribution in [-0.2, 0) is 29.1 Å². The fourth-order valence-electron chi connectivity index (χ4n) is 1.92. The molecule has 0 unspecified atom stereocenters. The highest BCUT2D eigenvalue weighted by Gasteiger charge is 2.26. The second-order valence-corrected chi connectivity index (χ2v) is 7.38. The molecule has 2 atom stereocenters. The maximum absolute atomic E-state index is 12.3. The van der Waals surface area contributed by atoms with Gasteiger partial charge in [0.15, 0.2) is 6.10 Å². The van der Waals surface area contributed by atoms with E-state index in [0.717, 1.165) is 0 Å². The van der Waals surface area contributed by atoms with E-state index in [1.54, 1.807) is 0 Å². The van der Waals surface area contributed by atoms with Crippen molar-refractivity contribution in [1.82, 2.24) is 10.0 Å². The summed E-state index contributed by atoms with van der Waals surface area (Å²) >= 11 is 0. The second-order valence-electron chi connectivity index (χ2n) is 5.66. The van der Waals surface area contributed by atoms with Crippen molar-refractivity contribution in [3.05, 3.63) is 36.9 Å². The lowest BCUT2D eigenvalue weighted by atomic mass is 10.3. The minimum Gasteiger partial charge on any atom is -0.451 e. The van der Waals surface area contributed by atoms with E-state index < -0.39 is 34.0 Å². The number of nitrogens with one attached hydrogen (secondary N) is 3. The van der Waals surface area contributed by atoms with Gasteiger partial charge in [0.2, 0.25) is 15.9 Å². The molecule has 27 heavy (non-hydrogen) atoms. The molecule has 1 aromatic rings. The molecule has 1 aromatic carbocycles. The Kier molecular flexibility index (Phi) is 8.13. The van der Waals surface area contributed by atoms with Crippen molar-refractivity contribution in [2.75, 3.05) is 11.9 Å². The summed E-state index contributed by atoms with van der Waals surface area (Å²) in [5, 5.41) is 4.98. The maximum atomic E-state index is 12.3. The summed E-state index contributed by atoms with van der Waals surface area (Å²) in [4.78, 5) is 34.6. The second kappa shape index (κ2) is 9.83. The number of anilines is 1. The molecule has 10 heteroatoms. The highest BCUT2D eigenvalue weighted by Crippen LogP contribution is 2.14. The van der Waals surface area contributed by atoms with Gasteiger partial charge in [-0.3, -0.25) is 14.4 Å². The van der Waals surface area contributed by atoms with Crippen LogP contribution in [0.3, 0.4) is 0 Å². The first-order valence-corrected chi connectivity index (χ1v) is 9.54. The Hall–Kier alpha value is -2.72. The zero-order valence-corrected chi connectivity index (χ0v) is 16.1. The zero-order valence-electron chi connectivity index (χ0n) is 15.3. The van der Waals surface area contributed by atoms with Gasteiger partial charge in [0.1, 0.15) is 6.04 Å². The molecule has 0 aliphatic heterocycles. The Morgan fingerprint density at radius 3 is 2.30 bits per heavy atom. The predicted molar refractivity (Wildman–Crippen MR) is 99.3 cm³/mol. The van der Waals surface area contributed by atoms with Crippen molar-refractivity contribution in [2.45, 2.75) is 37.8 Å². The Morgan fingerprint density at radius 2 is 1.78 bits per heavy atom. The number of rotatable bonds is 9. The van der Waals surface area contributed by atoms with Crippen molar-refractivity contribution < 1.29 is 27.5 Å². The number of hydrogen-bond acceptors (Lipinski definition) is 6. The third kappa shape index (κ3) is 7.19. The fourth-order valence-corrected chi connectivity index (χ4v) is 3.11. The Bertz CT molecular complexity index is 804. The smallest absolute Gasteiger partial charge is 0.324 e. The van der Waals surface area contributed by atoms with Gasteiger partial charge in [-0.25, -0.2) is 8.42 Å². The first-order valence-electron chi connectivity index (χ1n) is 8.06. The number of carbonyl (C=O) groups is 3. The van der Waals surface area contributed by atoms with Gasteiger partial charge < -0.3 is 15.4 Å². The minimum atomic E-state index is -4.00. The molecule has 0 fully saturated rings. The molecule has 0 saturated carbocycles. The van der Waals surface area contributed by atoms with E-state index in [2.05, 4.69) is 21.9 Å². The monoisotopic (exact) mass is 397 g/mol. The number of amides is 2. The average Bonchev–Trinajstić information content (AvgIpc) is 2.58. The highest BCUT2D eigenvalue weighted by molar-refractivity contribution is 7.89. The van der Waals surface area contributed by atoms with Gasteiger partial charge in [-0.2, -0.15) is 4.72 Å². The van der Waals surface area contributed by atoms with Crippen LogP contribution in [0.1, 0.15) is 20.8 Å². The van der Waals surface area contributed by atoms with E-state index >= 15 is 0 Å². The SMILES string of the molecule is C=CCNC(=O)[C@H](C)OC(=O)[C@H](C)NS(=O)(=O)c1ccc(NC(C)=O)cc1. The van der Waals surface area contributed by atoms with Gasteiger partial charge >= 0.3 is 5.97 Å². The summed E-state index contributed by atoms with van der Waals surface area (Å²) in [5.74, 6) is -1.70. The molecule has 0 aliphatic carbocycles. The topological polar surface area (TPSA) is 131 Å². The summed E-state index contributed by atoms with van der Waals surface area (Å²) in [6.45, 7) is 7.68. The third-order valence-corrected chi connectivity index (χ3v) is 4.81. The molecule has 0 aromatic heterocycles. The Labute approximate surface area is 158 Å². The van der Waals surface area contributed by atoms with Crippen LogP contribution in [-0.4, -0.2) is 44.9 Å².